The molecule has 4 nitrogen and oxygen atoms in total. The molecule has 27 heavy (non-hydrogen) atoms. The summed E-state index contributed by atoms with van der Waals surface area (Å²) in [6.07, 6.45) is 2.06. The molecular weight excluding hydrogens is 399 g/mol. The van der Waals surface area contributed by atoms with Gasteiger partial charge in [-0.3, -0.25) is 0 Å². The van der Waals surface area contributed by atoms with Gasteiger partial charge in [0.05, 0.1) is 11.4 Å². The molecule has 2 heterocycles. The van der Waals surface area contributed by atoms with Crippen LogP contribution in [0.3, 0.4) is 0 Å². The van der Waals surface area contributed by atoms with Crippen molar-refractivity contribution in [3.05, 3.63) is 81.9 Å². The van der Waals surface area contributed by atoms with Crippen molar-refractivity contribution in [1.29, 1.82) is 0 Å². The lowest BCUT2D eigenvalue weighted by atomic mass is 10.1. The van der Waals surface area contributed by atoms with Crippen LogP contribution in [-0.2, 0) is 6.54 Å². The summed E-state index contributed by atoms with van der Waals surface area (Å²) in [5.41, 5.74) is 4.05. The summed E-state index contributed by atoms with van der Waals surface area (Å²) in [4.78, 5) is 6.42. The quantitative estimate of drug-likeness (QED) is 0.405. The Morgan fingerprint density at radius 1 is 1.04 bits per heavy atom. The van der Waals surface area contributed by atoms with Crippen molar-refractivity contribution in [2.24, 2.45) is 0 Å². The Labute approximate surface area is 171 Å². The van der Waals surface area contributed by atoms with Crippen molar-refractivity contribution >= 4 is 39.7 Å². The highest BCUT2D eigenvalue weighted by Crippen LogP contribution is 2.29. The molecule has 0 atom stereocenters. The zero-order chi connectivity index (χ0) is 18.8. The average Bonchev–Trinajstić information content (AvgIpc) is 3.30. The first kappa shape index (κ1) is 18.0. The lowest BCUT2D eigenvalue weighted by Crippen LogP contribution is -2.16. The number of nitrogens with zero attached hydrogens (tertiary/aromatic N) is 4. The number of benzene rings is 2. The molecule has 0 fully saturated rings. The Balaban J connectivity index is 1.73. The number of thiazole rings is 1. The van der Waals surface area contributed by atoms with E-state index in [0.29, 0.717) is 16.7 Å². The molecule has 0 saturated heterocycles. The van der Waals surface area contributed by atoms with Gasteiger partial charge >= 0.3 is 0 Å². The highest BCUT2D eigenvalue weighted by Gasteiger charge is 2.16. The molecule has 4 rings (SSSR count). The van der Waals surface area contributed by atoms with Crippen LogP contribution in [0.5, 0.6) is 0 Å². The maximum absolute atomic E-state index is 6.05. The third kappa shape index (κ3) is 4.00. The molecule has 2 aromatic carbocycles. The minimum atomic E-state index is 0.514. The molecule has 0 amide bonds. The van der Waals surface area contributed by atoms with Crippen molar-refractivity contribution < 1.29 is 0 Å². The first-order chi connectivity index (χ1) is 13.1. The highest BCUT2D eigenvalue weighted by molar-refractivity contribution is 7.14. The van der Waals surface area contributed by atoms with Gasteiger partial charge in [0.1, 0.15) is 5.15 Å². The maximum Gasteiger partial charge on any atom is 0.186 e. The van der Waals surface area contributed by atoms with Crippen LogP contribution in [0, 0.1) is 0 Å². The van der Waals surface area contributed by atoms with Gasteiger partial charge in [-0.25, -0.2) is 9.67 Å². The predicted octanol–water partition coefficient (Wildman–Crippen LogP) is 5.94. The van der Waals surface area contributed by atoms with Crippen LogP contribution in [0.1, 0.15) is 5.56 Å². The summed E-state index contributed by atoms with van der Waals surface area (Å²) >= 11 is 13.6. The molecule has 0 N–H and O–H groups in total. The van der Waals surface area contributed by atoms with Crippen molar-refractivity contribution in [3.63, 3.8) is 0 Å². The van der Waals surface area contributed by atoms with Crippen LogP contribution in [0.4, 0.5) is 5.13 Å². The summed E-state index contributed by atoms with van der Waals surface area (Å²) < 4.78 is 1.90. The number of aromatic nitrogens is 3. The average molecular weight is 415 g/mol. The second-order valence-corrected chi connectivity index (χ2v) is 7.76. The Hall–Kier alpha value is -2.34. The van der Waals surface area contributed by atoms with E-state index in [1.165, 1.54) is 11.3 Å². The Morgan fingerprint density at radius 2 is 1.78 bits per heavy atom. The number of para-hydroxylation sites is 1. The minimum absolute atomic E-state index is 0.514. The minimum Gasteiger partial charge on any atom is -0.347 e. The summed E-state index contributed by atoms with van der Waals surface area (Å²) in [6, 6.07) is 17.8. The van der Waals surface area contributed by atoms with Gasteiger partial charge in [-0.2, -0.15) is 5.10 Å². The molecule has 0 spiro atoms. The summed E-state index contributed by atoms with van der Waals surface area (Å²) in [5.74, 6) is 0. The van der Waals surface area contributed by atoms with Crippen LogP contribution in [0.15, 0.2) is 66.2 Å². The van der Waals surface area contributed by atoms with E-state index in [4.69, 9.17) is 28.3 Å². The summed E-state index contributed by atoms with van der Waals surface area (Å²) in [5, 5.41) is 8.76. The Morgan fingerprint density at radius 3 is 2.44 bits per heavy atom. The van der Waals surface area contributed by atoms with Crippen LogP contribution in [-0.4, -0.2) is 21.8 Å². The molecule has 4 aromatic rings. The Bertz CT molecular complexity index is 1040. The van der Waals surface area contributed by atoms with E-state index in [0.717, 1.165) is 27.6 Å². The van der Waals surface area contributed by atoms with Crippen LogP contribution >= 0.6 is 34.5 Å². The molecule has 0 bridgehead atoms. The second-order valence-electron chi connectivity index (χ2n) is 6.10. The van der Waals surface area contributed by atoms with Crippen molar-refractivity contribution in [2.45, 2.75) is 6.54 Å². The summed E-state index contributed by atoms with van der Waals surface area (Å²) in [7, 11) is 2.00. The molecule has 0 aliphatic carbocycles. The van der Waals surface area contributed by atoms with Crippen LogP contribution in [0.25, 0.3) is 16.9 Å². The number of rotatable bonds is 5. The molecule has 0 aliphatic heterocycles. The van der Waals surface area contributed by atoms with E-state index in [-0.39, 0.29) is 0 Å². The first-order valence-corrected chi connectivity index (χ1v) is 9.96. The van der Waals surface area contributed by atoms with Gasteiger partial charge in [-0.05, 0) is 24.3 Å². The fourth-order valence-electron chi connectivity index (χ4n) is 2.83. The van der Waals surface area contributed by atoms with Crippen LogP contribution < -0.4 is 4.90 Å². The zero-order valence-corrected chi connectivity index (χ0v) is 16.8. The number of halogens is 2. The molecule has 2 aromatic heterocycles. The molecule has 136 valence electrons. The van der Waals surface area contributed by atoms with Crippen molar-refractivity contribution in [1.82, 2.24) is 14.8 Å². The Kier molecular flexibility index (Phi) is 5.16. The SMILES string of the molecule is CN(Cc1cn(-c2ccccc2)nc1-c1ccc(Cl)cc1)c1nc(Cl)cs1. The van der Waals surface area contributed by atoms with Crippen molar-refractivity contribution in [2.75, 3.05) is 11.9 Å². The largest absolute Gasteiger partial charge is 0.347 e. The number of hydrogen-bond donors (Lipinski definition) is 0. The highest BCUT2D eigenvalue weighted by atomic mass is 35.5. The summed E-state index contributed by atoms with van der Waals surface area (Å²) in [6.45, 7) is 0.661. The second kappa shape index (κ2) is 7.72. The standard InChI is InChI=1S/C20H16Cl2N4S/c1-25(20-23-18(22)13-27-20)11-15-12-26(17-5-3-2-4-6-17)24-19(15)14-7-9-16(21)10-8-14/h2-10,12-13H,11H2,1H3. The van der Waals surface area contributed by atoms with Crippen LogP contribution in [0.2, 0.25) is 10.2 Å². The topological polar surface area (TPSA) is 34.0 Å². The van der Waals surface area contributed by atoms with E-state index in [9.17, 15) is 0 Å². The van der Waals surface area contributed by atoms with Gasteiger partial charge in [0.25, 0.3) is 0 Å². The van der Waals surface area contributed by atoms with Gasteiger partial charge in [-0.15, -0.1) is 11.3 Å². The lowest BCUT2D eigenvalue weighted by Gasteiger charge is -2.15. The molecule has 0 radical (unpaired) electrons. The molecular formula is C20H16Cl2N4S. The van der Waals surface area contributed by atoms with Crippen molar-refractivity contribution in [3.8, 4) is 16.9 Å². The molecule has 0 aliphatic rings. The smallest absolute Gasteiger partial charge is 0.186 e. The monoisotopic (exact) mass is 414 g/mol. The van der Waals surface area contributed by atoms with Gasteiger partial charge in [0.15, 0.2) is 5.13 Å². The van der Waals surface area contributed by atoms with E-state index < -0.39 is 0 Å². The molecule has 0 saturated carbocycles. The third-order valence-electron chi connectivity index (χ3n) is 4.13. The number of anilines is 1. The maximum atomic E-state index is 6.05. The lowest BCUT2D eigenvalue weighted by molar-refractivity contribution is 0.879. The molecule has 7 heteroatoms. The molecule has 0 unspecified atom stereocenters. The number of hydrogen-bond acceptors (Lipinski definition) is 4. The van der Waals surface area contributed by atoms with Gasteiger partial charge < -0.3 is 4.90 Å². The van der Waals surface area contributed by atoms with Gasteiger partial charge in [-0.1, -0.05) is 53.5 Å². The fraction of sp³-hybridized carbons (Fsp3) is 0.100. The van der Waals surface area contributed by atoms with Gasteiger partial charge in [0, 0.05) is 41.3 Å². The van der Waals surface area contributed by atoms with E-state index >= 15 is 0 Å². The van der Waals surface area contributed by atoms with E-state index in [1.807, 2.05) is 71.7 Å². The third-order valence-corrected chi connectivity index (χ3v) is 5.66. The van der Waals surface area contributed by atoms with E-state index in [2.05, 4.69) is 16.1 Å². The zero-order valence-electron chi connectivity index (χ0n) is 14.5. The van der Waals surface area contributed by atoms with E-state index in [1.54, 1.807) is 0 Å². The fourth-order valence-corrected chi connectivity index (χ4v) is 3.87. The normalized spacial score (nSPS) is 10.9. The first-order valence-electron chi connectivity index (χ1n) is 8.32. The van der Waals surface area contributed by atoms with Gasteiger partial charge in [0.2, 0.25) is 0 Å². The predicted molar refractivity (Wildman–Crippen MR) is 113 cm³/mol.